The number of anilines is 2. The number of halogens is 5. The highest BCUT2D eigenvalue weighted by Crippen LogP contribution is 2.37. The summed E-state index contributed by atoms with van der Waals surface area (Å²) in [4.78, 5) is 8.91. The van der Waals surface area contributed by atoms with Gasteiger partial charge in [-0.05, 0) is 50.2 Å². The second-order valence-corrected chi connectivity index (χ2v) is 14.0. The van der Waals surface area contributed by atoms with E-state index < -0.39 is 71.6 Å². The molecule has 0 spiro atoms. The zero-order valence-corrected chi connectivity index (χ0v) is 23.6. The molecule has 1 saturated heterocycles. The molecule has 1 aliphatic heterocycles. The molecule has 0 aliphatic carbocycles. The van der Waals surface area contributed by atoms with Crippen LogP contribution < -0.4 is 9.80 Å². The van der Waals surface area contributed by atoms with Gasteiger partial charge in [0.05, 0.1) is 44.9 Å². The van der Waals surface area contributed by atoms with Crippen molar-refractivity contribution in [1.29, 1.82) is 0 Å². The Kier molecular flexibility index (Phi) is 7.37. The summed E-state index contributed by atoms with van der Waals surface area (Å²) in [6, 6.07) is 5.37. The molecule has 42 heavy (non-hydrogen) atoms. The number of alkyl halides is 3. The van der Waals surface area contributed by atoms with Crippen LogP contribution in [-0.2, 0) is 19.9 Å². The van der Waals surface area contributed by atoms with E-state index in [4.69, 9.17) is 0 Å². The Bertz CT molecular complexity index is 1850. The molecule has 2 aromatic carbocycles. The molecule has 3 heterocycles. The quantitative estimate of drug-likeness (QED) is 0.294. The van der Waals surface area contributed by atoms with Crippen molar-refractivity contribution in [1.82, 2.24) is 19.2 Å². The predicted octanol–water partition coefficient (Wildman–Crippen LogP) is 3.78. The van der Waals surface area contributed by atoms with Gasteiger partial charge in [0, 0.05) is 13.1 Å². The predicted molar refractivity (Wildman–Crippen MR) is 142 cm³/mol. The van der Waals surface area contributed by atoms with Crippen LogP contribution in [0, 0.1) is 11.6 Å². The van der Waals surface area contributed by atoms with E-state index in [-0.39, 0.29) is 29.5 Å². The smallest absolute Gasteiger partial charge is 0.339 e. The first-order chi connectivity index (χ1) is 19.6. The topological polar surface area (TPSA) is 118 Å². The summed E-state index contributed by atoms with van der Waals surface area (Å²) in [7, 11) is -8.34. The van der Waals surface area contributed by atoms with Crippen molar-refractivity contribution in [2.24, 2.45) is 0 Å². The van der Waals surface area contributed by atoms with Crippen LogP contribution in [0.3, 0.4) is 0 Å². The van der Waals surface area contributed by atoms with Gasteiger partial charge >= 0.3 is 6.18 Å². The summed E-state index contributed by atoms with van der Waals surface area (Å²) >= 11 is 0. The number of piperazine rings is 1. The second kappa shape index (κ2) is 10.4. The maximum Gasteiger partial charge on any atom is 0.410 e. The van der Waals surface area contributed by atoms with E-state index in [1.54, 1.807) is 0 Å². The number of sulfone groups is 1. The average molecular weight is 631 g/mol. The molecule has 0 radical (unpaired) electrons. The monoisotopic (exact) mass is 630 g/mol. The van der Waals surface area contributed by atoms with E-state index in [1.807, 2.05) is 0 Å². The largest absolute Gasteiger partial charge is 0.410 e. The highest BCUT2D eigenvalue weighted by atomic mass is 32.2. The maximum absolute atomic E-state index is 15.2. The van der Waals surface area contributed by atoms with Gasteiger partial charge in [0.2, 0.25) is 5.95 Å². The van der Waals surface area contributed by atoms with Crippen LogP contribution in [0.5, 0.6) is 0 Å². The molecule has 1 aliphatic rings. The van der Waals surface area contributed by atoms with E-state index in [0.717, 1.165) is 47.6 Å². The molecule has 2 aromatic heterocycles. The number of aromatic nitrogens is 4. The van der Waals surface area contributed by atoms with Crippen molar-refractivity contribution in [2.45, 2.75) is 41.1 Å². The summed E-state index contributed by atoms with van der Waals surface area (Å²) in [6.07, 6.45) is -3.24. The molecular formula is C25H23F5N6O4S2. The Labute approximate surface area is 237 Å². The summed E-state index contributed by atoms with van der Waals surface area (Å²) in [5.41, 5.74) is -0.311. The van der Waals surface area contributed by atoms with Gasteiger partial charge in [0.1, 0.15) is 11.9 Å². The highest BCUT2D eigenvalue weighted by molar-refractivity contribution is 7.92. The summed E-state index contributed by atoms with van der Waals surface area (Å²) in [5, 5.41) is 2.78. The van der Waals surface area contributed by atoms with E-state index >= 15 is 4.39 Å². The third-order valence-electron chi connectivity index (χ3n) is 6.83. The average Bonchev–Trinajstić information content (AvgIpc) is 3.34. The molecule has 1 fully saturated rings. The van der Waals surface area contributed by atoms with Crippen LogP contribution in [0.4, 0.5) is 33.7 Å². The van der Waals surface area contributed by atoms with Crippen LogP contribution in [0.15, 0.2) is 64.6 Å². The fourth-order valence-corrected chi connectivity index (χ4v) is 6.94. The van der Waals surface area contributed by atoms with Gasteiger partial charge in [-0.15, -0.1) is 5.10 Å². The lowest BCUT2D eigenvalue weighted by Crippen LogP contribution is -2.60. The third-order valence-corrected chi connectivity index (χ3v) is 10.6. The van der Waals surface area contributed by atoms with Crippen LogP contribution >= 0.6 is 0 Å². The van der Waals surface area contributed by atoms with Crippen molar-refractivity contribution in [3.05, 3.63) is 66.5 Å². The van der Waals surface area contributed by atoms with Crippen LogP contribution in [0.25, 0.3) is 10.9 Å². The molecule has 10 nitrogen and oxygen atoms in total. The number of rotatable bonds is 6. The maximum atomic E-state index is 15.2. The molecule has 0 unspecified atom stereocenters. The number of fused-ring (bicyclic) bond motifs is 1. The molecule has 1 atom stereocenters. The molecule has 224 valence electrons. The zero-order valence-electron chi connectivity index (χ0n) is 22.0. The van der Waals surface area contributed by atoms with Gasteiger partial charge in [-0.3, -0.25) is 0 Å². The number of nitrogens with zero attached hydrogens (tertiary/aromatic N) is 6. The molecular weight excluding hydrogens is 607 g/mol. The van der Waals surface area contributed by atoms with Gasteiger partial charge in [-0.2, -0.15) is 25.7 Å². The summed E-state index contributed by atoms with van der Waals surface area (Å²) < 4.78 is 124. The fraction of sp³-hybridized carbons (Fsp3) is 0.320. The van der Waals surface area contributed by atoms with Gasteiger partial charge in [0.25, 0.3) is 10.0 Å². The molecule has 4 aromatic rings. The molecule has 0 N–H and O–H groups in total. The number of hydrogen-bond donors (Lipinski definition) is 0. The van der Waals surface area contributed by atoms with E-state index in [1.165, 1.54) is 30.9 Å². The molecule has 0 saturated carbocycles. The van der Waals surface area contributed by atoms with Gasteiger partial charge in [-0.25, -0.2) is 27.2 Å². The first kappa shape index (κ1) is 29.6. The Hall–Kier alpha value is -3.86. The Balaban J connectivity index is 1.59. The number of hydrogen-bond acceptors (Lipinski definition) is 9. The van der Waals surface area contributed by atoms with Crippen LogP contribution in [0.1, 0.15) is 13.8 Å². The first-order valence-electron chi connectivity index (χ1n) is 12.4. The Morgan fingerprint density at radius 2 is 1.52 bits per heavy atom. The van der Waals surface area contributed by atoms with Crippen molar-refractivity contribution in [3.8, 4) is 0 Å². The SMILES string of the molecule is CC(C)S(=O)(=O)c1ccc(S(=O)(=O)n2nc(N3CCN(c4ncc(F)cn4)C[C@@H]3C(F)(F)F)c3c(F)cccc32)cc1. The lowest BCUT2D eigenvalue weighted by Gasteiger charge is -2.42. The van der Waals surface area contributed by atoms with E-state index in [0.29, 0.717) is 4.09 Å². The molecule has 17 heteroatoms. The van der Waals surface area contributed by atoms with Crippen molar-refractivity contribution < 1.29 is 38.8 Å². The zero-order chi connectivity index (χ0) is 30.6. The van der Waals surface area contributed by atoms with Crippen molar-refractivity contribution >= 4 is 42.5 Å². The minimum absolute atomic E-state index is 0.0977. The molecule has 0 amide bonds. The molecule has 5 rings (SSSR count). The number of benzene rings is 2. The minimum atomic E-state index is -4.88. The summed E-state index contributed by atoms with van der Waals surface area (Å²) in [5.74, 6) is -2.45. The fourth-order valence-electron chi connectivity index (χ4n) is 4.61. The lowest BCUT2D eigenvalue weighted by molar-refractivity contribution is -0.148. The van der Waals surface area contributed by atoms with Gasteiger partial charge in [-0.1, -0.05) is 6.07 Å². The van der Waals surface area contributed by atoms with Gasteiger partial charge in [0.15, 0.2) is 21.5 Å². The standard InChI is InChI=1S/C25H23F5N6O4S2/c1-15(2)41(37,38)17-6-8-18(9-7-17)42(39,40)36-20-5-3-4-19(27)22(20)23(33-36)35-11-10-34(14-21(35)25(28,29)30)24-31-12-16(26)13-32-24/h3-9,12-13,15,21H,10-11,14H2,1-2H3/t21-/m1/s1. The van der Waals surface area contributed by atoms with E-state index in [9.17, 15) is 34.4 Å². The normalized spacial score (nSPS) is 16.9. The highest BCUT2D eigenvalue weighted by Gasteiger charge is 2.48. The van der Waals surface area contributed by atoms with E-state index in [2.05, 4.69) is 15.1 Å². The molecule has 0 bridgehead atoms. The first-order valence-corrected chi connectivity index (χ1v) is 15.4. The van der Waals surface area contributed by atoms with Crippen molar-refractivity contribution in [3.63, 3.8) is 0 Å². The van der Waals surface area contributed by atoms with Gasteiger partial charge < -0.3 is 9.80 Å². The second-order valence-electron chi connectivity index (χ2n) is 9.77. The Morgan fingerprint density at radius 3 is 2.12 bits per heavy atom. The third kappa shape index (κ3) is 5.14. The summed E-state index contributed by atoms with van der Waals surface area (Å²) in [6.45, 7) is 1.72. The van der Waals surface area contributed by atoms with Crippen LogP contribution in [-0.4, -0.2) is 73.1 Å². The lowest BCUT2D eigenvalue weighted by atomic mass is 10.1. The Morgan fingerprint density at radius 1 is 0.905 bits per heavy atom. The van der Waals surface area contributed by atoms with Crippen LogP contribution in [0.2, 0.25) is 0 Å². The van der Waals surface area contributed by atoms with Crippen molar-refractivity contribution in [2.75, 3.05) is 29.4 Å². The minimum Gasteiger partial charge on any atom is -0.339 e.